The largest absolute Gasteiger partial charge is 0.462 e. The summed E-state index contributed by atoms with van der Waals surface area (Å²) >= 11 is 2.71. The predicted molar refractivity (Wildman–Crippen MR) is 140 cm³/mol. The van der Waals surface area contributed by atoms with Gasteiger partial charge in [0.1, 0.15) is 5.00 Å². The molecule has 0 spiro atoms. The number of ether oxygens (including phenoxy) is 1. The molecule has 1 aliphatic rings. The minimum absolute atomic E-state index is 0.191. The number of carbonyl (C=O) groups is 3. The number of nitrogens with zero attached hydrogens (tertiary/aromatic N) is 3. The van der Waals surface area contributed by atoms with Gasteiger partial charge in [0.25, 0.3) is 5.91 Å². The van der Waals surface area contributed by atoms with Crippen LogP contribution in [-0.4, -0.2) is 44.4 Å². The molecular weight excluding hydrogens is 498 g/mol. The molecule has 2 amide bonds. The van der Waals surface area contributed by atoms with Crippen LogP contribution in [0.2, 0.25) is 0 Å². The summed E-state index contributed by atoms with van der Waals surface area (Å²) in [6.45, 7) is 5.97. The number of aryl methyl sites for hydroxylation is 2. The molecule has 2 heterocycles. The first kappa shape index (κ1) is 25.9. The summed E-state index contributed by atoms with van der Waals surface area (Å²) in [6.07, 6.45) is 2.74. The van der Waals surface area contributed by atoms with Crippen LogP contribution in [0, 0.1) is 6.92 Å². The molecule has 2 aromatic heterocycles. The third-order valence-corrected chi connectivity index (χ3v) is 8.24. The number of thiophene rings is 1. The lowest BCUT2D eigenvalue weighted by atomic mass is 10.1. The van der Waals surface area contributed by atoms with E-state index in [0.29, 0.717) is 27.1 Å². The third kappa shape index (κ3) is 5.62. The summed E-state index contributed by atoms with van der Waals surface area (Å²) in [5.41, 5.74) is 3.08. The van der Waals surface area contributed by atoms with Gasteiger partial charge in [-0.15, -0.1) is 21.5 Å². The van der Waals surface area contributed by atoms with Gasteiger partial charge in [0.2, 0.25) is 5.91 Å². The second kappa shape index (κ2) is 11.3. The smallest absolute Gasteiger partial charge is 0.341 e. The van der Waals surface area contributed by atoms with Gasteiger partial charge >= 0.3 is 5.97 Å². The molecular formula is C25H29N5O4S2. The Bertz CT molecular complexity index is 1300. The van der Waals surface area contributed by atoms with Gasteiger partial charge in [0, 0.05) is 17.5 Å². The van der Waals surface area contributed by atoms with Crippen LogP contribution in [-0.2, 0) is 36.0 Å². The number of benzene rings is 1. The molecule has 1 aliphatic carbocycles. The number of thioether (sulfide) groups is 1. The summed E-state index contributed by atoms with van der Waals surface area (Å²) in [5.74, 6) is -0.241. The Hall–Kier alpha value is -3.18. The van der Waals surface area contributed by atoms with Gasteiger partial charge in [-0.1, -0.05) is 29.5 Å². The molecule has 0 aliphatic heterocycles. The Kier molecular flexibility index (Phi) is 8.10. The van der Waals surface area contributed by atoms with E-state index in [9.17, 15) is 14.4 Å². The maximum atomic E-state index is 13.0. The number of hydrogen-bond donors (Lipinski definition) is 2. The Morgan fingerprint density at radius 1 is 1.25 bits per heavy atom. The number of amides is 2. The van der Waals surface area contributed by atoms with Gasteiger partial charge in [0.15, 0.2) is 11.0 Å². The SMILES string of the molecule is CCOC(=O)c1c(NC(=O)C(C)Sc2nnc(CNC(=O)c3cccc(C)c3)n2C)sc2c1CCC2. The van der Waals surface area contributed by atoms with E-state index in [1.54, 1.807) is 31.5 Å². The molecule has 4 rings (SSSR count). The molecule has 190 valence electrons. The van der Waals surface area contributed by atoms with Crippen LogP contribution in [0.1, 0.15) is 62.8 Å². The molecule has 36 heavy (non-hydrogen) atoms. The number of anilines is 1. The lowest BCUT2D eigenvalue weighted by Gasteiger charge is -2.12. The topological polar surface area (TPSA) is 115 Å². The maximum Gasteiger partial charge on any atom is 0.341 e. The fourth-order valence-electron chi connectivity index (χ4n) is 3.99. The van der Waals surface area contributed by atoms with Crippen molar-refractivity contribution >= 4 is 45.9 Å². The van der Waals surface area contributed by atoms with Crippen molar-refractivity contribution in [3.05, 3.63) is 57.2 Å². The van der Waals surface area contributed by atoms with E-state index < -0.39 is 11.2 Å². The lowest BCUT2D eigenvalue weighted by molar-refractivity contribution is -0.115. The zero-order valence-corrected chi connectivity index (χ0v) is 22.3. The molecule has 1 unspecified atom stereocenters. The van der Waals surface area contributed by atoms with E-state index in [1.807, 2.05) is 25.1 Å². The highest BCUT2D eigenvalue weighted by Crippen LogP contribution is 2.40. The second-order valence-corrected chi connectivity index (χ2v) is 11.0. The molecule has 9 nitrogen and oxygen atoms in total. The highest BCUT2D eigenvalue weighted by atomic mass is 32.2. The minimum Gasteiger partial charge on any atom is -0.462 e. The summed E-state index contributed by atoms with van der Waals surface area (Å²) in [4.78, 5) is 39.1. The number of carbonyl (C=O) groups excluding carboxylic acids is 3. The minimum atomic E-state index is -0.491. The number of esters is 1. The molecule has 1 atom stereocenters. The number of fused-ring (bicyclic) bond motifs is 1. The van der Waals surface area contributed by atoms with Crippen molar-refractivity contribution in [3.63, 3.8) is 0 Å². The van der Waals surface area contributed by atoms with Crippen molar-refractivity contribution in [1.82, 2.24) is 20.1 Å². The van der Waals surface area contributed by atoms with Gasteiger partial charge in [-0.3, -0.25) is 9.59 Å². The highest BCUT2D eigenvalue weighted by molar-refractivity contribution is 8.00. The molecule has 0 saturated heterocycles. The van der Waals surface area contributed by atoms with Gasteiger partial charge in [-0.25, -0.2) is 4.79 Å². The van der Waals surface area contributed by atoms with Crippen molar-refractivity contribution in [2.24, 2.45) is 7.05 Å². The lowest BCUT2D eigenvalue weighted by Crippen LogP contribution is -2.25. The van der Waals surface area contributed by atoms with Crippen molar-refractivity contribution in [1.29, 1.82) is 0 Å². The first-order chi connectivity index (χ1) is 17.3. The molecule has 2 N–H and O–H groups in total. The number of rotatable bonds is 9. The number of nitrogens with one attached hydrogen (secondary N) is 2. The third-order valence-electron chi connectivity index (χ3n) is 5.90. The maximum absolute atomic E-state index is 13.0. The molecule has 0 fully saturated rings. The highest BCUT2D eigenvalue weighted by Gasteiger charge is 2.29. The summed E-state index contributed by atoms with van der Waals surface area (Å²) in [6, 6.07) is 7.36. The Morgan fingerprint density at radius 3 is 2.81 bits per heavy atom. The first-order valence-electron chi connectivity index (χ1n) is 11.8. The fraction of sp³-hybridized carbons (Fsp3) is 0.400. The summed E-state index contributed by atoms with van der Waals surface area (Å²) in [5, 5.41) is 14.8. The number of aromatic nitrogens is 3. The quantitative estimate of drug-likeness (QED) is 0.320. The summed E-state index contributed by atoms with van der Waals surface area (Å²) in [7, 11) is 1.80. The Balaban J connectivity index is 1.38. The summed E-state index contributed by atoms with van der Waals surface area (Å²) < 4.78 is 7.00. The average molecular weight is 528 g/mol. The zero-order chi connectivity index (χ0) is 25.8. The first-order valence-corrected chi connectivity index (χ1v) is 13.5. The van der Waals surface area contributed by atoms with E-state index in [-0.39, 0.29) is 25.0 Å². The molecule has 3 aromatic rings. The molecule has 0 saturated carbocycles. The van der Waals surface area contributed by atoms with Crippen LogP contribution in [0.25, 0.3) is 0 Å². The average Bonchev–Trinajstić information content (AvgIpc) is 3.53. The van der Waals surface area contributed by atoms with Crippen LogP contribution >= 0.6 is 23.1 Å². The van der Waals surface area contributed by atoms with Crippen molar-refractivity contribution in [3.8, 4) is 0 Å². The second-order valence-electron chi connectivity index (χ2n) is 8.54. The van der Waals surface area contributed by atoms with Crippen LogP contribution in [0.5, 0.6) is 0 Å². The Labute approximate surface area is 218 Å². The monoisotopic (exact) mass is 527 g/mol. The molecule has 1 aromatic carbocycles. The number of hydrogen-bond acceptors (Lipinski definition) is 8. The van der Waals surface area contributed by atoms with Crippen LogP contribution in [0.15, 0.2) is 29.4 Å². The van der Waals surface area contributed by atoms with Crippen molar-refractivity contribution in [2.45, 2.75) is 57.0 Å². The van der Waals surface area contributed by atoms with Gasteiger partial charge in [-0.2, -0.15) is 0 Å². The normalized spacial score (nSPS) is 13.2. The van der Waals surface area contributed by atoms with Gasteiger partial charge in [-0.05, 0) is 57.7 Å². The van der Waals surface area contributed by atoms with E-state index in [2.05, 4.69) is 20.8 Å². The van der Waals surface area contributed by atoms with E-state index >= 15 is 0 Å². The van der Waals surface area contributed by atoms with Crippen LogP contribution < -0.4 is 10.6 Å². The van der Waals surface area contributed by atoms with E-state index in [0.717, 1.165) is 35.3 Å². The standard InChI is InChI=1S/C25H29N5O4S2/c1-5-34-24(33)20-17-10-7-11-18(17)36-23(20)27-21(31)15(3)35-25-29-28-19(30(25)4)13-26-22(32)16-9-6-8-14(2)12-16/h6,8-9,12,15H,5,7,10-11,13H2,1-4H3,(H,26,32)(H,27,31). The molecule has 11 heteroatoms. The molecule has 0 radical (unpaired) electrons. The Morgan fingerprint density at radius 2 is 2.06 bits per heavy atom. The van der Waals surface area contributed by atoms with E-state index in [1.165, 1.54) is 23.1 Å². The van der Waals surface area contributed by atoms with E-state index in [4.69, 9.17) is 4.74 Å². The predicted octanol–water partition coefficient (Wildman–Crippen LogP) is 3.90. The van der Waals surface area contributed by atoms with Gasteiger partial charge < -0.3 is 19.9 Å². The molecule has 0 bridgehead atoms. The van der Waals surface area contributed by atoms with Crippen LogP contribution in [0.4, 0.5) is 5.00 Å². The van der Waals surface area contributed by atoms with Crippen LogP contribution in [0.3, 0.4) is 0 Å². The van der Waals surface area contributed by atoms with Crippen molar-refractivity contribution < 1.29 is 19.1 Å². The fourth-order valence-corrected chi connectivity index (χ4v) is 6.10. The van der Waals surface area contributed by atoms with Gasteiger partial charge in [0.05, 0.1) is 24.0 Å². The van der Waals surface area contributed by atoms with Crippen molar-refractivity contribution in [2.75, 3.05) is 11.9 Å². The zero-order valence-electron chi connectivity index (χ0n) is 20.7.